The van der Waals surface area contributed by atoms with Crippen LogP contribution in [-0.2, 0) is 4.79 Å². The van der Waals surface area contributed by atoms with Gasteiger partial charge in [-0.3, -0.25) is 4.79 Å². The van der Waals surface area contributed by atoms with Gasteiger partial charge in [0.2, 0.25) is 5.91 Å². The van der Waals surface area contributed by atoms with Crippen LogP contribution in [0, 0.1) is 5.41 Å². The van der Waals surface area contributed by atoms with Crippen molar-refractivity contribution in [2.45, 2.75) is 39.7 Å². The van der Waals surface area contributed by atoms with Crippen molar-refractivity contribution >= 4 is 5.91 Å². The Labute approximate surface area is 113 Å². The summed E-state index contributed by atoms with van der Waals surface area (Å²) < 4.78 is 0. The lowest BCUT2D eigenvalue weighted by Crippen LogP contribution is -2.51. The van der Waals surface area contributed by atoms with Crippen molar-refractivity contribution in [1.82, 2.24) is 10.2 Å². The van der Waals surface area contributed by atoms with Gasteiger partial charge in [-0.1, -0.05) is 26.0 Å². The van der Waals surface area contributed by atoms with Crippen LogP contribution in [0.5, 0.6) is 0 Å². The van der Waals surface area contributed by atoms with Gasteiger partial charge in [-0.25, -0.2) is 0 Å². The van der Waals surface area contributed by atoms with Gasteiger partial charge in [-0.15, -0.1) is 13.2 Å². The van der Waals surface area contributed by atoms with Crippen molar-refractivity contribution in [2.75, 3.05) is 20.1 Å². The zero-order chi connectivity index (χ0) is 14.2. The second kappa shape index (κ2) is 8.09. The molecule has 1 rings (SSSR count). The van der Waals surface area contributed by atoms with Crippen LogP contribution in [0.3, 0.4) is 0 Å². The average Bonchev–Trinajstić information content (AvgIpc) is 2.85. The molecule has 0 spiro atoms. The summed E-state index contributed by atoms with van der Waals surface area (Å²) in [5.74, 6) is 0.239. The van der Waals surface area contributed by atoms with E-state index in [0.29, 0.717) is 0 Å². The van der Waals surface area contributed by atoms with Crippen LogP contribution in [0.4, 0.5) is 0 Å². The minimum absolute atomic E-state index is 0. The lowest BCUT2D eigenvalue weighted by molar-refractivity contribution is -0.134. The summed E-state index contributed by atoms with van der Waals surface area (Å²) in [5, 5.41) is 3.16. The molecular weight excluding hydrogens is 224 g/mol. The van der Waals surface area contributed by atoms with Crippen molar-refractivity contribution < 1.29 is 6.22 Å². The molecule has 1 saturated heterocycles. The van der Waals surface area contributed by atoms with Crippen LogP contribution in [0.25, 0.3) is 0 Å². The first-order chi connectivity index (χ1) is 8.53. The van der Waals surface area contributed by atoms with Gasteiger partial charge in [0.15, 0.2) is 0 Å². The Morgan fingerprint density at radius 2 is 1.89 bits per heavy atom. The predicted octanol–water partition coefficient (Wildman–Crippen LogP) is 2.85. The van der Waals surface area contributed by atoms with Crippen molar-refractivity contribution in [1.29, 1.82) is 0 Å². The smallest absolute Gasteiger partial charge is 0.240 e. The Hall–Kier alpha value is -1.09. The van der Waals surface area contributed by atoms with Crippen LogP contribution in [0.2, 0.25) is 0 Å². The molecule has 1 heterocycles. The molecule has 1 N–H and O–H groups in total. The Balaban J connectivity index is 0. The number of carbonyl (C=O) groups excluding carboxylic acids is 1. The zero-order valence-electron chi connectivity index (χ0n) is 12.3. The highest BCUT2D eigenvalue weighted by Crippen LogP contribution is 2.25. The summed E-state index contributed by atoms with van der Waals surface area (Å²) in [4.78, 5) is 14.3. The number of hydrogen-bond donors (Lipinski definition) is 1. The molecule has 0 aromatic rings. The van der Waals surface area contributed by atoms with Gasteiger partial charge in [0.05, 0.1) is 6.04 Å². The molecule has 3 nitrogen and oxygen atoms in total. The highest BCUT2D eigenvalue weighted by molar-refractivity contribution is 5.83. The molecule has 0 aliphatic carbocycles. The SMILES string of the molecule is C/C=C\C(C)(C)[C@H](NC)C(=O)N1CCCC1.C=C.[HH]. The first kappa shape index (κ1) is 16.9. The quantitative estimate of drug-likeness (QED) is 0.782. The first-order valence-electron chi connectivity index (χ1n) is 6.63. The zero-order valence-corrected chi connectivity index (χ0v) is 12.3. The minimum atomic E-state index is -0.136. The third kappa shape index (κ3) is 4.30. The molecule has 106 valence electrons. The van der Waals surface area contributed by atoms with E-state index in [2.05, 4.69) is 38.4 Å². The maximum absolute atomic E-state index is 12.3. The highest BCUT2D eigenvalue weighted by atomic mass is 16.2. The van der Waals surface area contributed by atoms with Crippen LogP contribution in [0.1, 0.15) is 35.0 Å². The standard InChI is InChI=1S/C13H24N2O.C2H4.H2/c1-5-8-13(2,3)11(14-4)12(16)15-9-6-7-10-15;1-2;/h5,8,11,14H,6-7,9-10H2,1-4H3;1-2H2;1H/b8-5-;;/t11-;;/m1../s1. The monoisotopic (exact) mass is 254 g/mol. The second-order valence-corrected chi connectivity index (χ2v) is 5.08. The fraction of sp³-hybridized carbons (Fsp3) is 0.667. The number of likely N-dealkylation sites (N-methyl/N-ethyl adjacent to an activating group) is 1. The number of nitrogens with one attached hydrogen (secondary N) is 1. The van der Waals surface area contributed by atoms with E-state index in [9.17, 15) is 4.79 Å². The third-order valence-electron chi connectivity index (χ3n) is 3.29. The Bertz CT molecular complexity index is 284. The largest absolute Gasteiger partial charge is 0.341 e. The summed E-state index contributed by atoms with van der Waals surface area (Å²) >= 11 is 0. The fourth-order valence-corrected chi connectivity index (χ4v) is 2.46. The topological polar surface area (TPSA) is 32.3 Å². The number of carbonyl (C=O) groups is 1. The van der Waals surface area contributed by atoms with Crippen molar-refractivity contribution in [2.24, 2.45) is 5.41 Å². The van der Waals surface area contributed by atoms with E-state index in [1.165, 1.54) is 0 Å². The Morgan fingerprint density at radius 3 is 2.28 bits per heavy atom. The van der Waals surface area contributed by atoms with E-state index in [1.807, 2.05) is 24.9 Å². The fourth-order valence-electron chi connectivity index (χ4n) is 2.46. The molecule has 0 radical (unpaired) electrons. The first-order valence-corrected chi connectivity index (χ1v) is 6.63. The summed E-state index contributed by atoms with van der Waals surface area (Å²) in [6.45, 7) is 14.0. The van der Waals surface area contributed by atoms with E-state index < -0.39 is 0 Å². The molecule has 0 unspecified atom stereocenters. The van der Waals surface area contributed by atoms with Crippen LogP contribution in [0.15, 0.2) is 25.3 Å². The van der Waals surface area contributed by atoms with Crippen molar-refractivity contribution in [3.05, 3.63) is 25.3 Å². The van der Waals surface area contributed by atoms with Gasteiger partial charge < -0.3 is 10.2 Å². The maximum atomic E-state index is 12.3. The maximum Gasteiger partial charge on any atom is 0.240 e. The Kier molecular flexibility index (Phi) is 7.60. The molecule has 1 amide bonds. The van der Waals surface area contributed by atoms with Crippen LogP contribution in [-0.4, -0.2) is 37.0 Å². The molecule has 0 bridgehead atoms. The molecule has 0 saturated carbocycles. The average molecular weight is 254 g/mol. The second-order valence-electron chi connectivity index (χ2n) is 5.08. The number of likely N-dealkylation sites (tertiary alicyclic amines) is 1. The van der Waals surface area contributed by atoms with E-state index in [0.717, 1.165) is 25.9 Å². The molecule has 1 atom stereocenters. The summed E-state index contributed by atoms with van der Waals surface area (Å²) in [5.41, 5.74) is -0.136. The molecular formula is C15H30N2O. The van der Waals surface area contributed by atoms with E-state index in [1.54, 1.807) is 0 Å². The van der Waals surface area contributed by atoms with Gasteiger partial charge in [-0.05, 0) is 26.8 Å². The Morgan fingerprint density at radius 1 is 1.39 bits per heavy atom. The molecule has 0 aromatic carbocycles. The van der Waals surface area contributed by atoms with Crippen molar-refractivity contribution in [3.63, 3.8) is 0 Å². The molecule has 1 fully saturated rings. The molecule has 1 aliphatic rings. The van der Waals surface area contributed by atoms with Crippen LogP contribution >= 0.6 is 0 Å². The molecule has 0 aromatic heterocycles. The minimum Gasteiger partial charge on any atom is -0.341 e. The number of nitrogens with zero attached hydrogens (tertiary/aromatic N) is 1. The summed E-state index contributed by atoms with van der Waals surface area (Å²) in [6.07, 6.45) is 6.40. The summed E-state index contributed by atoms with van der Waals surface area (Å²) in [7, 11) is 1.86. The van der Waals surface area contributed by atoms with Crippen LogP contribution < -0.4 is 5.32 Å². The normalized spacial score (nSPS) is 17.4. The van der Waals surface area contributed by atoms with Gasteiger partial charge in [0.25, 0.3) is 0 Å². The predicted molar refractivity (Wildman–Crippen MR) is 80.6 cm³/mol. The number of hydrogen-bond acceptors (Lipinski definition) is 2. The van der Waals surface area contributed by atoms with Crippen molar-refractivity contribution in [3.8, 4) is 0 Å². The van der Waals surface area contributed by atoms with E-state index >= 15 is 0 Å². The van der Waals surface area contributed by atoms with E-state index in [-0.39, 0.29) is 18.8 Å². The number of amides is 1. The lowest BCUT2D eigenvalue weighted by atomic mass is 9.83. The van der Waals surface area contributed by atoms with Gasteiger partial charge in [0, 0.05) is 19.9 Å². The third-order valence-corrected chi connectivity index (χ3v) is 3.29. The highest BCUT2D eigenvalue weighted by Gasteiger charge is 2.35. The lowest BCUT2D eigenvalue weighted by Gasteiger charge is -2.33. The number of rotatable bonds is 4. The molecule has 18 heavy (non-hydrogen) atoms. The molecule has 3 heteroatoms. The number of allylic oxidation sites excluding steroid dienone is 1. The summed E-state index contributed by atoms with van der Waals surface area (Å²) in [6, 6.07) is -0.123. The van der Waals surface area contributed by atoms with Gasteiger partial charge >= 0.3 is 0 Å². The van der Waals surface area contributed by atoms with Gasteiger partial charge in [0.1, 0.15) is 0 Å². The van der Waals surface area contributed by atoms with E-state index in [4.69, 9.17) is 0 Å². The van der Waals surface area contributed by atoms with Gasteiger partial charge in [-0.2, -0.15) is 0 Å². The molecule has 1 aliphatic heterocycles.